The van der Waals surface area contributed by atoms with Gasteiger partial charge in [0.1, 0.15) is 4.90 Å². The first kappa shape index (κ1) is 17.9. The molecule has 4 rings (SSSR count). The number of ether oxygens (including phenoxy) is 1. The average Bonchev–Trinajstić information content (AvgIpc) is 3.00. The number of morpholine rings is 1. The Kier molecular flexibility index (Phi) is 4.58. The summed E-state index contributed by atoms with van der Waals surface area (Å²) >= 11 is 0. The highest BCUT2D eigenvalue weighted by Crippen LogP contribution is 2.20. The lowest BCUT2D eigenvalue weighted by molar-refractivity contribution is 0.0730. The van der Waals surface area contributed by atoms with Crippen LogP contribution in [0, 0.1) is 6.92 Å². The molecule has 3 aromatic rings. The van der Waals surface area contributed by atoms with Crippen LogP contribution in [-0.4, -0.2) is 53.2 Å². The number of aromatic nitrogens is 3. The number of nitrogens with zero attached hydrogens (tertiary/aromatic N) is 4. The minimum atomic E-state index is -3.76. The summed E-state index contributed by atoms with van der Waals surface area (Å²) in [5, 5.41) is 4.34. The SMILES string of the molecule is Cc1ccccc1Cn1nc2c(S(=O)(=O)N3CCOCC3)cccn2c1=O. The third-order valence-corrected chi connectivity index (χ3v) is 6.66. The third kappa shape index (κ3) is 3.18. The Morgan fingerprint density at radius 2 is 1.85 bits per heavy atom. The Morgan fingerprint density at radius 3 is 2.59 bits per heavy atom. The molecule has 1 aliphatic rings. The maximum absolute atomic E-state index is 13.0. The zero-order valence-electron chi connectivity index (χ0n) is 14.9. The van der Waals surface area contributed by atoms with E-state index in [1.807, 2.05) is 31.2 Å². The lowest BCUT2D eigenvalue weighted by atomic mass is 10.1. The van der Waals surface area contributed by atoms with Gasteiger partial charge in [0.15, 0.2) is 5.65 Å². The molecule has 0 spiro atoms. The fraction of sp³-hybridized carbons (Fsp3) is 0.333. The Balaban J connectivity index is 1.80. The molecule has 142 valence electrons. The van der Waals surface area contributed by atoms with E-state index >= 15 is 0 Å². The fourth-order valence-electron chi connectivity index (χ4n) is 3.19. The van der Waals surface area contributed by atoms with E-state index in [2.05, 4.69) is 5.10 Å². The standard InChI is InChI=1S/C18H20N4O4S/c1-14-5-2-3-6-15(14)13-22-18(23)21-8-4-7-16(17(21)19-22)27(24,25)20-9-11-26-12-10-20/h2-8H,9-13H2,1H3. The summed E-state index contributed by atoms with van der Waals surface area (Å²) in [6.07, 6.45) is 1.54. The van der Waals surface area contributed by atoms with Crippen LogP contribution >= 0.6 is 0 Å². The Hall–Kier alpha value is -2.49. The molecule has 1 fully saturated rings. The molecule has 9 heteroatoms. The summed E-state index contributed by atoms with van der Waals surface area (Å²) in [6.45, 7) is 3.54. The molecule has 0 N–H and O–H groups in total. The lowest BCUT2D eigenvalue weighted by Gasteiger charge is -2.25. The highest BCUT2D eigenvalue weighted by Gasteiger charge is 2.29. The highest BCUT2D eigenvalue weighted by atomic mass is 32.2. The zero-order chi connectivity index (χ0) is 19.0. The molecule has 2 aromatic heterocycles. The predicted octanol–water partition coefficient (Wildman–Crippen LogP) is 0.874. The molecule has 1 aliphatic heterocycles. The number of rotatable bonds is 4. The normalized spacial score (nSPS) is 16.0. The van der Waals surface area contributed by atoms with Crippen molar-refractivity contribution in [2.75, 3.05) is 26.3 Å². The molecular formula is C18H20N4O4S. The van der Waals surface area contributed by atoms with E-state index in [4.69, 9.17) is 4.74 Å². The first-order valence-corrected chi connectivity index (χ1v) is 10.1. The Labute approximate surface area is 156 Å². The smallest absolute Gasteiger partial charge is 0.350 e. The van der Waals surface area contributed by atoms with Crippen LogP contribution in [0.15, 0.2) is 52.3 Å². The second kappa shape index (κ2) is 6.91. The van der Waals surface area contributed by atoms with Crippen LogP contribution in [0.3, 0.4) is 0 Å². The lowest BCUT2D eigenvalue weighted by Crippen LogP contribution is -2.40. The predicted molar refractivity (Wildman–Crippen MR) is 99.3 cm³/mol. The van der Waals surface area contributed by atoms with Gasteiger partial charge in [0.25, 0.3) is 0 Å². The van der Waals surface area contributed by atoms with E-state index < -0.39 is 10.0 Å². The molecule has 0 aliphatic carbocycles. The molecule has 8 nitrogen and oxygen atoms in total. The zero-order valence-corrected chi connectivity index (χ0v) is 15.7. The second-order valence-corrected chi connectivity index (χ2v) is 8.36. The monoisotopic (exact) mass is 388 g/mol. The summed E-state index contributed by atoms with van der Waals surface area (Å²) in [5.41, 5.74) is 1.78. The van der Waals surface area contributed by atoms with Crippen LogP contribution in [0.2, 0.25) is 0 Å². The van der Waals surface area contributed by atoms with Crippen molar-refractivity contribution in [2.24, 2.45) is 0 Å². The average molecular weight is 388 g/mol. The molecule has 1 saturated heterocycles. The summed E-state index contributed by atoms with van der Waals surface area (Å²) in [5.74, 6) is 0. The minimum absolute atomic E-state index is 0.0348. The molecule has 0 bridgehead atoms. The van der Waals surface area contributed by atoms with E-state index in [1.165, 1.54) is 25.7 Å². The molecule has 0 radical (unpaired) electrons. The van der Waals surface area contributed by atoms with Gasteiger partial charge in [-0.15, -0.1) is 5.10 Å². The van der Waals surface area contributed by atoms with Crippen molar-refractivity contribution in [3.05, 3.63) is 64.2 Å². The van der Waals surface area contributed by atoms with Gasteiger partial charge < -0.3 is 4.74 Å². The van der Waals surface area contributed by atoms with Crippen molar-refractivity contribution >= 4 is 15.7 Å². The second-order valence-electron chi connectivity index (χ2n) is 6.45. The van der Waals surface area contributed by atoms with Gasteiger partial charge in [-0.05, 0) is 30.2 Å². The summed E-state index contributed by atoms with van der Waals surface area (Å²) < 4.78 is 35.3. The topological polar surface area (TPSA) is 85.9 Å². The summed E-state index contributed by atoms with van der Waals surface area (Å²) in [6, 6.07) is 10.8. The van der Waals surface area contributed by atoms with Crippen LogP contribution in [0.1, 0.15) is 11.1 Å². The van der Waals surface area contributed by atoms with Crippen molar-refractivity contribution in [3.8, 4) is 0 Å². The van der Waals surface area contributed by atoms with E-state index in [-0.39, 0.29) is 35.9 Å². The van der Waals surface area contributed by atoms with Gasteiger partial charge in [-0.25, -0.2) is 22.3 Å². The summed E-state index contributed by atoms with van der Waals surface area (Å²) in [4.78, 5) is 12.8. The Morgan fingerprint density at radius 1 is 1.11 bits per heavy atom. The fourth-order valence-corrected chi connectivity index (χ4v) is 4.72. The number of benzene rings is 1. The summed E-state index contributed by atoms with van der Waals surface area (Å²) in [7, 11) is -3.76. The van der Waals surface area contributed by atoms with Crippen LogP contribution in [0.4, 0.5) is 0 Å². The van der Waals surface area contributed by atoms with Gasteiger partial charge in [-0.1, -0.05) is 24.3 Å². The molecular weight excluding hydrogens is 368 g/mol. The largest absolute Gasteiger partial charge is 0.379 e. The van der Waals surface area contributed by atoms with Gasteiger partial charge in [0, 0.05) is 19.3 Å². The first-order valence-electron chi connectivity index (χ1n) is 8.69. The molecule has 27 heavy (non-hydrogen) atoms. The third-order valence-electron chi connectivity index (χ3n) is 4.74. The van der Waals surface area contributed by atoms with Crippen LogP contribution in [-0.2, 0) is 21.3 Å². The number of fused-ring (bicyclic) bond motifs is 1. The number of aryl methyl sites for hydroxylation is 1. The maximum Gasteiger partial charge on any atom is 0.350 e. The minimum Gasteiger partial charge on any atom is -0.379 e. The first-order chi connectivity index (χ1) is 13.0. The molecule has 0 amide bonds. The highest BCUT2D eigenvalue weighted by molar-refractivity contribution is 7.89. The van der Waals surface area contributed by atoms with Crippen molar-refractivity contribution in [1.29, 1.82) is 0 Å². The van der Waals surface area contributed by atoms with Crippen molar-refractivity contribution in [3.63, 3.8) is 0 Å². The number of pyridine rings is 1. The van der Waals surface area contributed by atoms with Gasteiger partial charge in [0.2, 0.25) is 10.0 Å². The van der Waals surface area contributed by atoms with Crippen molar-refractivity contribution in [1.82, 2.24) is 18.5 Å². The van der Waals surface area contributed by atoms with Crippen LogP contribution < -0.4 is 5.69 Å². The van der Waals surface area contributed by atoms with E-state index in [1.54, 1.807) is 6.07 Å². The van der Waals surface area contributed by atoms with E-state index in [0.29, 0.717) is 13.2 Å². The molecule has 3 heterocycles. The molecule has 0 unspecified atom stereocenters. The van der Waals surface area contributed by atoms with Crippen molar-refractivity contribution in [2.45, 2.75) is 18.4 Å². The van der Waals surface area contributed by atoms with E-state index in [9.17, 15) is 13.2 Å². The van der Waals surface area contributed by atoms with Gasteiger partial charge in [-0.3, -0.25) is 0 Å². The number of hydrogen-bond acceptors (Lipinski definition) is 5. The molecule has 1 aromatic carbocycles. The van der Waals surface area contributed by atoms with Crippen LogP contribution in [0.5, 0.6) is 0 Å². The van der Waals surface area contributed by atoms with Crippen molar-refractivity contribution < 1.29 is 13.2 Å². The number of hydrogen-bond donors (Lipinski definition) is 0. The van der Waals surface area contributed by atoms with Gasteiger partial charge in [-0.2, -0.15) is 4.31 Å². The van der Waals surface area contributed by atoms with Gasteiger partial charge in [0.05, 0.1) is 19.8 Å². The van der Waals surface area contributed by atoms with E-state index in [0.717, 1.165) is 11.1 Å². The maximum atomic E-state index is 13.0. The van der Waals surface area contributed by atoms with Gasteiger partial charge >= 0.3 is 5.69 Å². The number of sulfonamides is 1. The molecule has 0 saturated carbocycles. The quantitative estimate of drug-likeness (QED) is 0.662. The Bertz CT molecular complexity index is 1140. The van der Waals surface area contributed by atoms with Crippen LogP contribution in [0.25, 0.3) is 5.65 Å². The molecule has 0 atom stereocenters.